The van der Waals surface area contributed by atoms with Gasteiger partial charge < -0.3 is 44.3 Å². The molecule has 0 radical (unpaired) electrons. The summed E-state index contributed by atoms with van der Waals surface area (Å²) in [4.78, 5) is 61.8. The Kier molecular flexibility index (Phi) is 7.49. The quantitative estimate of drug-likeness (QED) is 0.206. The number of nitrogens with zero attached hydrogens (tertiary/aromatic N) is 1. The zero-order valence-electron chi connectivity index (χ0n) is 22.9. The molecule has 1 spiro atoms. The molecule has 2 heterocycles. The van der Waals surface area contributed by atoms with Crippen molar-refractivity contribution in [1.82, 2.24) is 4.90 Å². The van der Waals surface area contributed by atoms with E-state index in [2.05, 4.69) is 4.90 Å². The van der Waals surface area contributed by atoms with Gasteiger partial charge in [0.2, 0.25) is 12.2 Å². The van der Waals surface area contributed by atoms with Gasteiger partial charge in [-0.25, -0.2) is 9.59 Å². The van der Waals surface area contributed by atoms with Crippen molar-refractivity contribution in [3.05, 3.63) is 40.7 Å². The Morgan fingerprint density at radius 3 is 2.50 bits per heavy atom. The van der Waals surface area contributed by atoms with Gasteiger partial charge in [0.15, 0.2) is 6.10 Å². The van der Waals surface area contributed by atoms with Crippen LogP contribution in [0.3, 0.4) is 0 Å². The topological polar surface area (TPSA) is 206 Å². The Morgan fingerprint density at radius 1 is 1.12 bits per heavy atom. The fourth-order valence-corrected chi connectivity index (χ4v) is 6.88. The van der Waals surface area contributed by atoms with E-state index in [9.17, 15) is 39.3 Å². The minimum Gasteiger partial charge on any atom is -0.481 e. The molecule has 1 fully saturated rings. The monoisotopic (exact) mass is 589 g/mol. The summed E-state index contributed by atoms with van der Waals surface area (Å²) < 4.78 is 21.6. The largest absolute Gasteiger partial charge is 0.481 e. The van der Waals surface area contributed by atoms with Gasteiger partial charge in [-0.3, -0.25) is 14.4 Å². The number of carbonyl (C=O) groups is 5. The number of hydrogen-bond donors (Lipinski definition) is 4. The van der Waals surface area contributed by atoms with Crippen LogP contribution in [0.25, 0.3) is 0 Å². The van der Waals surface area contributed by atoms with E-state index in [1.165, 1.54) is 0 Å². The lowest BCUT2D eigenvalue weighted by Gasteiger charge is -2.61. The molecule has 0 saturated carbocycles. The molecule has 2 aliphatic carbocycles. The van der Waals surface area contributed by atoms with Crippen molar-refractivity contribution >= 4 is 29.8 Å². The number of hydrogen-bond acceptors (Lipinski definition) is 12. The first-order valence-electron chi connectivity index (χ1n) is 13.4. The van der Waals surface area contributed by atoms with Gasteiger partial charge in [0.05, 0.1) is 30.5 Å². The van der Waals surface area contributed by atoms with E-state index in [1.54, 1.807) is 12.1 Å². The van der Waals surface area contributed by atoms with Crippen molar-refractivity contribution < 1.29 is 63.3 Å². The second kappa shape index (κ2) is 10.7. The van der Waals surface area contributed by atoms with Gasteiger partial charge in [0.25, 0.3) is 0 Å². The molecule has 2 aliphatic heterocycles. The summed E-state index contributed by atoms with van der Waals surface area (Å²) in [6.07, 6.45) is -4.15. The van der Waals surface area contributed by atoms with Crippen molar-refractivity contribution in [2.75, 3.05) is 13.6 Å². The molecule has 5 rings (SSSR count). The number of likely N-dealkylation sites (tertiary alicyclic amines) is 1. The summed E-state index contributed by atoms with van der Waals surface area (Å²) >= 11 is 0. The molecule has 2 bridgehead atoms. The predicted molar refractivity (Wildman–Crippen MR) is 137 cm³/mol. The molecule has 226 valence electrons. The van der Waals surface area contributed by atoms with E-state index in [0.717, 1.165) is 18.1 Å². The number of aliphatic hydroxyl groups excluding tert-OH is 1. The summed E-state index contributed by atoms with van der Waals surface area (Å²) in [6.45, 7) is 1.27. The highest BCUT2D eigenvalue weighted by molar-refractivity contribution is 5.87. The Labute approximate surface area is 239 Å². The molecule has 14 nitrogen and oxygen atoms in total. The van der Waals surface area contributed by atoms with Crippen LogP contribution in [0.1, 0.15) is 49.3 Å². The standard InChI is InChI=1S/C28H31NO13/c1-13(31)39-18(26(37)41-17(25(35)36)10-20(32)33)11-21(34)40-16-5-6-28(38)19-9-14-3-4-15(12-30)23-22(14)27(28,24(16)42-23)7-8-29(19)2/h3-5,17-19,24,30,38H,6-12H2,1-2H3,(H,32,33)(H,35,36)/t17-,18-,19+,24-,27-,28+/m0/s1. The first-order valence-corrected chi connectivity index (χ1v) is 13.4. The van der Waals surface area contributed by atoms with Crippen LogP contribution < -0.4 is 4.74 Å². The maximum atomic E-state index is 13.1. The van der Waals surface area contributed by atoms with E-state index in [0.29, 0.717) is 30.7 Å². The third-order valence-electron chi connectivity index (χ3n) is 8.67. The molecule has 1 saturated heterocycles. The van der Waals surface area contributed by atoms with Crippen LogP contribution in [0.4, 0.5) is 0 Å². The van der Waals surface area contributed by atoms with Gasteiger partial charge in [-0.05, 0) is 38.1 Å². The predicted octanol–water partition coefficient (Wildman–Crippen LogP) is -0.207. The average Bonchev–Trinajstić information content (AvgIpc) is 3.27. The van der Waals surface area contributed by atoms with E-state index in [-0.39, 0.29) is 24.8 Å². The Hall–Kier alpha value is -4.01. The molecule has 1 aromatic carbocycles. The van der Waals surface area contributed by atoms with E-state index >= 15 is 0 Å². The molecule has 6 atom stereocenters. The highest BCUT2D eigenvalue weighted by Crippen LogP contribution is 2.64. The number of likely N-dealkylation sites (N-methyl/N-ethyl adjacent to an activating group) is 1. The second-order valence-corrected chi connectivity index (χ2v) is 11.0. The maximum Gasteiger partial charge on any atom is 0.348 e. The van der Waals surface area contributed by atoms with Crippen LogP contribution in [0.2, 0.25) is 0 Å². The normalized spacial score (nSPS) is 28.3. The smallest absolute Gasteiger partial charge is 0.348 e. The number of carbonyl (C=O) groups excluding carboxylic acids is 3. The highest BCUT2D eigenvalue weighted by Gasteiger charge is 2.71. The fourth-order valence-electron chi connectivity index (χ4n) is 6.88. The van der Waals surface area contributed by atoms with E-state index in [4.69, 9.17) is 24.1 Å². The number of rotatable bonds is 10. The summed E-state index contributed by atoms with van der Waals surface area (Å²) in [5, 5.41) is 40.3. The van der Waals surface area contributed by atoms with Crippen LogP contribution in [-0.2, 0) is 56.6 Å². The van der Waals surface area contributed by atoms with E-state index in [1.807, 2.05) is 13.1 Å². The number of benzene rings is 1. The van der Waals surface area contributed by atoms with Crippen LogP contribution in [0.5, 0.6) is 5.75 Å². The lowest BCUT2D eigenvalue weighted by atomic mass is 9.50. The highest BCUT2D eigenvalue weighted by atomic mass is 16.6. The third kappa shape index (κ3) is 4.59. The van der Waals surface area contributed by atoms with Gasteiger partial charge in [0.1, 0.15) is 11.5 Å². The minimum absolute atomic E-state index is 0.0742. The molecule has 1 aromatic rings. The molecule has 14 heteroatoms. The van der Waals surface area contributed by atoms with Gasteiger partial charge in [-0.15, -0.1) is 0 Å². The minimum atomic E-state index is -2.08. The van der Waals surface area contributed by atoms with Crippen LogP contribution in [0.15, 0.2) is 24.0 Å². The number of carboxylic acids is 2. The van der Waals surface area contributed by atoms with E-state index < -0.39 is 72.0 Å². The molecule has 4 aliphatic rings. The summed E-state index contributed by atoms with van der Waals surface area (Å²) in [6, 6.07) is 3.43. The molecular weight excluding hydrogens is 558 g/mol. The Balaban J connectivity index is 1.41. The summed E-state index contributed by atoms with van der Waals surface area (Å²) in [5.74, 6) is -6.24. The number of aliphatic carboxylic acids is 2. The zero-order valence-corrected chi connectivity index (χ0v) is 22.9. The zero-order chi connectivity index (χ0) is 30.6. The third-order valence-corrected chi connectivity index (χ3v) is 8.67. The molecule has 0 amide bonds. The fraction of sp³-hybridized carbons (Fsp3) is 0.536. The molecule has 42 heavy (non-hydrogen) atoms. The number of aliphatic hydroxyl groups is 2. The Morgan fingerprint density at radius 2 is 1.86 bits per heavy atom. The van der Waals surface area contributed by atoms with Gasteiger partial charge in [-0.2, -0.15) is 0 Å². The number of carboxylic acid groups (broad SMARTS) is 2. The van der Waals surface area contributed by atoms with Crippen molar-refractivity contribution in [1.29, 1.82) is 0 Å². The molecule has 0 unspecified atom stereocenters. The van der Waals surface area contributed by atoms with Crippen molar-refractivity contribution in [2.24, 2.45) is 0 Å². The lowest BCUT2D eigenvalue weighted by molar-refractivity contribution is -0.181. The number of piperidine rings is 1. The lowest BCUT2D eigenvalue weighted by Crippen LogP contribution is -2.74. The molecular formula is C28H31NO13. The van der Waals surface area contributed by atoms with Crippen molar-refractivity contribution in [2.45, 2.75) is 81.0 Å². The summed E-state index contributed by atoms with van der Waals surface area (Å²) in [7, 11) is 1.94. The van der Waals surface area contributed by atoms with Gasteiger partial charge in [-0.1, -0.05) is 12.1 Å². The molecule has 4 N–H and O–H groups in total. The Bertz CT molecular complexity index is 1390. The SMILES string of the molecule is CC(=O)O[C@@H](CC(=O)OC1=CC[C@@]2(O)[C@H]3Cc4ccc(CO)c5c4[C@@]2(CCN3C)[C@H]1O5)C(=O)O[C@@H](CC(=O)O)C(=O)O. The van der Waals surface area contributed by atoms with Crippen LogP contribution >= 0.6 is 0 Å². The summed E-state index contributed by atoms with van der Waals surface area (Å²) in [5.41, 5.74) is 0.0163. The van der Waals surface area contributed by atoms with Gasteiger partial charge >= 0.3 is 29.8 Å². The van der Waals surface area contributed by atoms with Crippen molar-refractivity contribution in [3.63, 3.8) is 0 Å². The maximum absolute atomic E-state index is 13.1. The van der Waals surface area contributed by atoms with Gasteiger partial charge in [0, 0.05) is 30.5 Å². The first kappa shape index (κ1) is 29.5. The molecule has 0 aromatic heterocycles. The van der Waals surface area contributed by atoms with Crippen LogP contribution in [0, 0.1) is 0 Å². The van der Waals surface area contributed by atoms with Crippen LogP contribution in [-0.4, -0.2) is 98.7 Å². The second-order valence-electron chi connectivity index (χ2n) is 11.0. The number of esters is 3. The number of ether oxygens (including phenoxy) is 4. The first-order chi connectivity index (χ1) is 19.8. The van der Waals surface area contributed by atoms with Crippen molar-refractivity contribution in [3.8, 4) is 5.75 Å². The average molecular weight is 590 g/mol.